The molecule has 0 aliphatic rings. The average molecular weight is 184 g/mol. The summed E-state index contributed by atoms with van der Waals surface area (Å²) >= 11 is 0. The molecule has 0 saturated heterocycles. The van der Waals surface area contributed by atoms with Crippen molar-refractivity contribution in [2.45, 2.75) is 6.92 Å². The third kappa shape index (κ3) is 1.91. The maximum Gasteiger partial charge on any atom is 0.133 e. The fraction of sp³-hybridized carbons (Fsp3) is 0.0909. The molecule has 0 radical (unpaired) electrons. The first-order chi connectivity index (χ1) is 6.69. The van der Waals surface area contributed by atoms with E-state index in [0.29, 0.717) is 5.57 Å². The van der Waals surface area contributed by atoms with Gasteiger partial charge in [-0.05, 0) is 30.2 Å². The van der Waals surface area contributed by atoms with Gasteiger partial charge in [0, 0.05) is 0 Å². The van der Waals surface area contributed by atoms with Crippen LogP contribution in [0.15, 0.2) is 29.8 Å². The Kier molecular flexibility index (Phi) is 2.89. The van der Waals surface area contributed by atoms with Crippen molar-refractivity contribution in [3.63, 3.8) is 0 Å². The van der Waals surface area contributed by atoms with E-state index < -0.39 is 0 Å². The molecule has 1 rings (SSSR count). The van der Waals surface area contributed by atoms with Gasteiger partial charge in [-0.15, -0.1) is 0 Å². The van der Waals surface area contributed by atoms with Crippen molar-refractivity contribution in [3.8, 4) is 17.9 Å². The smallest absolute Gasteiger partial charge is 0.133 e. The predicted molar refractivity (Wildman–Crippen MR) is 51.9 cm³/mol. The third-order valence-corrected chi connectivity index (χ3v) is 1.90. The predicted octanol–water partition coefficient (Wildman–Crippen LogP) is 2.21. The summed E-state index contributed by atoms with van der Waals surface area (Å²) in [6, 6.07) is 10.0. The Balaban J connectivity index is 3.21. The molecule has 1 N–H and O–H groups in total. The molecule has 0 unspecified atom stereocenters. The summed E-state index contributed by atoms with van der Waals surface area (Å²) < 4.78 is 0. The third-order valence-electron chi connectivity index (χ3n) is 1.90. The highest BCUT2D eigenvalue weighted by Gasteiger charge is 2.02. The van der Waals surface area contributed by atoms with Crippen LogP contribution in [0.3, 0.4) is 0 Å². The van der Waals surface area contributed by atoms with Crippen LogP contribution in [0.4, 0.5) is 0 Å². The fourth-order valence-corrected chi connectivity index (χ4v) is 1.05. The van der Waals surface area contributed by atoms with Gasteiger partial charge < -0.3 is 5.11 Å². The highest BCUT2D eigenvalue weighted by Crippen LogP contribution is 2.19. The first-order valence-electron chi connectivity index (χ1n) is 3.99. The molecule has 0 heterocycles. The Bertz CT molecular complexity index is 428. The Morgan fingerprint density at radius 1 is 1.14 bits per heavy atom. The van der Waals surface area contributed by atoms with Crippen molar-refractivity contribution in [3.05, 3.63) is 35.4 Å². The van der Waals surface area contributed by atoms with Gasteiger partial charge in [0.05, 0.1) is 0 Å². The molecular formula is C11H8N2O. The highest BCUT2D eigenvalue weighted by molar-refractivity contribution is 5.73. The lowest BCUT2D eigenvalue weighted by Gasteiger charge is -2.00. The van der Waals surface area contributed by atoms with Crippen LogP contribution in [-0.4, -0.2) is 5.11 Å². The number of nitriles is 2. The minimum Gasteiger partial charge on any atom is -0.508 e. The first kappa shape index (κ1) is 9.83. The van der Waals surface area contributed by atoms with E-state index >= 15 is 0 Å². The normalized spacial score (nSPS) is 8.50. The van der Waals surface area contributed by atoms with Gasteiger partial charge in [0.25, 0.3) is 0 Å². The summed E-state index contributed by atoms with van der Waals surface area (Å²) in [5.74, 6) is 0.164. The van der Waals surface area contributed by atoms with E-state index in [1.807, 2.05) is 12.1 Å². The minimum atomic E-state index is 0.0932. The van der Waals surface area contributed by atoms with Crippen LogP contribution in [0.25, 0.3) is 5.57 Å². The quantitative estimate of drug-likeness (QED) is 0.680. The lowest BCUT2D eigenvalue weighted by Crippen LogP contribution is -1.83. The zero-order valence-electron chi connectivity index (χ0n) is 7.65. The second-order valence-corrected chi connectivity index (χ2v) is 2.77. The number of hydrogen-bond acceptors (Lipinski definition) is 3. The van der Waals surface area contributed by atoms with Crippen LogP contribution < -0.4 is 0 Å². The Morgan fingerprint density at radius 3 is 2.07 bits per heavy atom. The van der Waals surface area contributed by atoms with Crippen LogP contribution in [0.2, 0.25) is 0 Å². The standard InChI is InChI=1S/C11H8N2O/c1-8(10(6-12)7-13)9-2-4-11(14)5-3-9/h2-5,14H,1H3. The summed E-state index contributed by atoms with van der Waals surface area (Å²) in [6.45, 7) is 1.70. The second-order valence-electron chi connectivity index (χ2n) is 2.77. The second kappa shape index (κ2) is 4.11. The van der Waals surface area contributed by atoms with Gasteiger partial charge in [-0.1, -0.05) is 12.1 Å². The van der Waals surface area contributed by atoms with Crippen molar-refractivity contribution >= 4 is 5.57 Å². The summed E-state index contributed by atoms with van der Waals surface area (Å²) in [5, 5.41) is 26.3. The number of benzene rings is 1. The van der Waals surface area contributed by atoms with Gasteiger partial charge in [0.15, 0.2) is 0 Å². The number of phenolic OH excluding ortho intramolecular Hbond substituents is 1. The van der Waals surface area contributed by atoms with Crippen LogP contribution in [0.5, 0.6) is 5.75 Å². The van der Waals surface area contributed by atoms with E-state index in [1.165, 1.54) is 12.1 Å². The number of hydrogen-bond donors (Lipinski definition) is 1. The number of nitrogens with zero attached hydrogens (tertiary/aromatic N) is 2. The monoisotopic (exact) mass is 184 g/mol. The zero-order valence-corrected chi connectivity index (χ0v) is 7.65. The molecule has 3 nitrogen and oxygen atoms in total. The van der Waals surface area contributed by atoms with Crippen molar-refractivity contribution in [2.75, 3.05) is 0 Å². The van der Waals surface area contributed by atoms with E-state index in [2.05, 4.69) is 0 Å². The molecule has 1 aromatic carbocycles. The Hall–Kier alpha value is -2.26. The maximum atomic E-state index is 9.05. The van der Waals surface area contributed by atoms with Crippen molar-refractivity contribution in [2.24, 2.45) is 0 Å². The molecule has 0 saturated carbocycles. The molecule has 0 aliphatic heterocycles. The van der Waals surface area contributed by atoms with Crippen LogP contribution in [-0.2, 0) is 0 Å². The molecule has 68 valence electrons. The van der Waals surface area contributed by atoms with Gasteiger partial charge in [0.1, 0.15) is 23.5 Å². The number of allylic oxidation sites excluding steroid dienone is 2. The molecule has 0 aromatic heterocycles. The van der Waals surface area contributed by atoms with E-state index in [0.717, 1.165) is 5.56 Å². The van der Waals surface area contributed by atoms with Crippen LogP contribution in [0.1, 0.15) is 12.5 Å². The lowest BCUT2D eigenvalue weighted by atomic mass is 10.0. The van der Waals surface area contributed by atoms with Crippen molar-refractivity contribution in [1.82, 2.24) is 0 Å². The maximum absolute atomic E-state index is 9.05. The van der Waals surface area contributed by atoms with Gasteiger partial charge in [-0.2, -0.15) is 10.5 Å². The van der Waals surface area contributed by atoms with Gasteiger partial charge in [-0.25, -0.2) is 0 Å². The van der Waals surface area contributed by atoms with Crippen molar-refractivity contribution in [1.29, 1.82) is 10.5 Å². The minimum absolute atomic E-state index is 0.0932. The van der Waals surface area contributed by atoms with Crippen LogP contribution >= 0.6 is 0 Å². The molecule has 0 atom stereocenters. The molecule has 0 bridgehead atoms. The Morgan fingerprint density at radius 2 is 1.64 bits per heavy atom. The SMILES string of the molecule is CC(=C(C#N)C#N)c1ccc(O)cc1. The van der Waals surface area contributed by atoms with E-state index in [9.17, 15) is 0 Å². The van der Waals surface area contributed by atoms with E-state index in [1.54, 1.807) is 19.1 Å². The summed E-state index contributed by atoms with van der Waals surface area (Å²) in [7, 11) is 0. The number of phenols is 1. The van der Waals surface area contributed by atoms with Crippen LogP contribution in [0, 0.1) is 22.7 Å². The number of aromatic hydroxyl groups is 1. The molecule has 14 heavy (non-hydrogen) atoms. The van der Waals surface area contributed by atoms with E-state index in [4.69, 9.17) is 15.6 Å². The molecule has 0 aliphatic carbocycles. The molecule has 0 fully saturated rings. The average Bonchev–Trinajstić information content (AvgIpc) is 2.20. The molecule has 3 heteroatoms. The largest absolute Gasteiger partial charge is 0.508 e. The lowest BCUT2D eigenvalue weighted by molar-refractivity contribution is 0.475. The highest BCUT2D eigenvalue weighted by atomic mass is 16.3. The fourth-order valence-electron chi connectivity index (χ4n) is 1.05. The number of rotatable bonds is 1. The van der Waals surface area contributed by atoms with E-state index in [-0.39, 0.29) is 11.3 Å². The first-order valence-corrected chi connectivity index (χ1v) is 3.99. The van der Waals surface area contributed by atoms with Gasteiger partial charge >= 0.3 is 0 Å². The van der Waals surface area contributed by atoms with Gasteiger partial charge in [-0.3, -0.25) is 0 Å². The summed E-state index contributed by atoms with van der Waals surface area (Å²) in [5.41, 5.74) is 1.48. The molecular weight excluding hydrogens is 176 g/mol. The topological polar surface area (TPSA) is 67.8 Å². The molecule has 1 aromatic rings. The zero-order chi connectivity index (χ0) is 10.6. The summed E-state index contributed by atoms with van der Waals surface area (Å²) in [4.78, 5) is 0. The van der Waals surface area contributed by atoms with Crippen molar-refractivity contribution < 1.29 is 5.11 Å². The Labute approximate surface area is 82.1 Å². The molecule has 0 amide bonds. The molecule has 0 spiro atoms. The summed E-state index contributed by atoms with van der Waals surface area (Å²) in [6.07, 6.45) is 0. The van der Waals surface area contributed by atoms with Gasteiger partial charge in [0.2, 0.25) is 0 Å².